The Balaban J connectivity index is 2.37. The van der Waals surface area contributed by atoms with Gasteiger partial charge in [-0.1, -0.05) is 24.3 Å². The van der Waals surface area contributed by atoms with Gasteiger partial charge in [-0.05, 0) is 17.7 Å². The maximum atomic E-state index is 11.5. The number of benzene rings is 1. The summed E-state index contributed by atoms with van der Waals surface area (Å²) in [5, 5.41) is 2.78. The van der Waals surface area contributed by atoms with Crippen molar-refractivity contribution in [3.8, 4) is 5.75 Å². The van der Waals surface area contributed by atoms with Gasteiger partial charge in [0, 0.05) is 12.4 Å². The molecule has 17 heavy (non-hydrogen) atoms. The van der Waals surface area contributed by atoms with Crippen LogP contribution in [-0.2, 0) is 11.2 Å². The van der Waals surface area contributed by atoms with Gasteiger partial charge in [-0.25, -0.2) is 0 Å². The number of carbonyl (C=O) groups is 1. The number of nitrogens with one attached hydrogen (secondary N) is 1. The Morgan fingerprint density at radius 2 is 2.06 bits per heavy atom. The highest BCUT2D eigenvalue weighted by molar-refractivity contribution is 6.18. The van der Waals surface area contributed by atoms with Crippen LogP contribution in [0, 0.1) is 0 Å². The number of hydrogen-bond donors (Lipinski definition) is 1. The van der Waals surface area contributed by atoms with Gasteiger partial charge in [-0.15, -0.1) is 11.6 Å². The molecule has 92 valence electrons. The molecule has 0 atom stereocenters. The van der Waals surface area contributed by atoms with Gasteiger partial charge in [0.05, 0.1) is 13.5 Å². The molecule has 3 nitrogen and oxygen atoms in total. The molecule has 0 radical (unpaired) electrons. The highest BCUT2D eigenvalue weighted by Gasteiger charge is 2.01. The standard InChI is InChI=1S/C13H16ClNO2/c1-17-12-6-4-11(5-7-12)10-13(16)15-9-3-2-8-14/h2-7H,8-10H2,1H3,(H,15,16)/b3-2+. The number of ether oxygens (including phenoxy) is 1. The SMILES string of the molecule is COc1ccc(CC(=O)NC/C=C/CCl)cc1. The maximum Gasteiger partial charge on any atom is 0.224 e. The topological polar surface area (TPSA) is 38.3 Å². The normalized spacial score (nSPS) is 10.5. The highest BCUT2D eigenvalue weighted by Crippen LogP contribution is 2.11. The third kappa shape index (κ3) is 5.41. The lowest BCUT2D eigenvalue weighted by Gasteiger charge is -2.04. The van der Waals surface area contributed by atoms with Gasteiger partial charge in [0.25, 0.3) is 0 Å². The Hall–Kier alpha value is -1.48. The minimum Gasteiger partial charge on any atom is -0.497 e. The van der Waals surface area contributed by atoms with Crippen LogP contribution in [0.3, 0.4) is 0 Å². The first-order chi connectivity index (χ1) is 8.26. The summed E-state index contributed by atoms with van der Waals surface area (Å²) in [7, 11) is 1.62. The van der Waals surface area contributed by atoms with E-state index in [1.807, 2.05) is 30.3 Å². The number of hydrogen-bond acceptors (Lipinski definition) is 2. The zero-order valence-electron chi connectivity index (χ0n) is 9.78. The quantitative estimate of drug-likeness (QED) is 0.623. The molecule has 1 amide bonds. The Kier molecular flexibility index (Phi) is 6.18. The van der Waals surface area contributed by atoms with E-state index in [-0.39, 0.29) is 5.91 Å². The second-order valence-corrected chi connectivity index (χ2v) is 3.76. The van der Waals surface area contributed by atoms with Crippen molar-refractivity contribution in [2.24, 2.45) is 0 Å². The van der Waals surface area contributed by atoms with E-state index >= 15 is 0 Å². The lowest BCUT2D eigenvalue weighted by Crippen LogP contribution is -2.25. The Labute approximate surface area is 106 Å². The molecule has 0 spiro atoms. The molecule has 1 rings (SSSR count). The largest absolute Gasteiger partial charge is 0.497 e. The van der Waals surface area contributed by atoms with Gasteiger partial charge >= 0.3 is 0 Å². The molecule has 0 unspecified atom stereocenters. The number of methoxy groups -OCH3 is 1. The van der Waals surface area contributed by atoms with Crippen molar-refractivity contribution in [1.29, 1.82) is 0 Å². The fraction of sp³-hybridized carbons (Fsp3) is 0.308. The van der Waals surface area contributed by atoms with Gasteiger partial charge in [-0.2, -0.15) is 0 Å². The van der Waals surface area contributed by atoms with Crippen molar-refractivity contribution >= 4 is 17.5 Å². The molecule has 0 aliphatic rings. The third-order valence-electron chi connectivity index (χ3n) is 2.20. The fourth-order valence-corrected chi connectivity index (χ4v) is 1.44. The first-order valence-electron chi connectivity index (χ1n) is 5.37. The second-order valence-electron chi connectivity index (χ2n) is 3.45. The lowest BCUT2D eigenvalue weighted by atomic mass is 10.1. The van der Waals surface area contributed by atoms with Gasteiger partial charge in [0.1, 0.15) is 5.75 Å². The molecule has 1 N–H and O–H groups in total. The van der Waals surface area contributed by atoms with E-state index in [1.54, 1.807) is 13.2 Å². The summed E-state index contributed by atoms with van der Waals surface area (Å²) < 4.78 is 5.04. The summed E-state index contributed by atoms with van der Waals surface area (Å²) in [6, 6.07) is 7.45. The average Bonchev–Trinajstić information content (AvgIpc) is 2.36. The molecule has 0 aromatic heterocycles. The molecule has 0 aliphatic heterocycles. The van der Waals surface area contributed by atoms with Crippen LogP contribution in [0.25, 0.3) is 0 Å². The van der Waals surface area contributed by atoms with E-state index < -0.39 is 0 Å². The van der Waals surface area contributed by atoms with E-state index in [0.717, 1.165) is 11.3 Å². The highest BCUT2D eigenvalue weighted by atomic mass is 35.5. The van der Waals surface area contributed by atoms with Crippen molar-refractivity contribution < 1.29 is 9.53 Å². The number of rotatable bonds is 6. The smallest absolute Gasteiger partial charge is 0.224 e. The van der Waals surface area contributed by atoms with E-state index in [2.05, 4.69) is 5.32 Å². The molecule has 4 heteroatoms. The summed E-state index contributed by atoms with van der Waals surface area (Å²) in [5.74, 6) is 1.25. The van der Waals surface area contributed by atoms with Gasteiger partial charge in [0.15, 0.2) is 0 Å². The molecule has 0 fully saturated rings. The molecule has 1 aromatic rings. The fourth-order valence-electron chi connectivity index (χ4n) is 1.31. The van der Waals surface area contributed by atoms with Crippen molar-refractivity contribution in [3.63, 3.8) is 0 Å². The van der Waals surface area contributed by atoms with Crippen LogP contribution in [0.15, 0.2) is 36.4 Å². The summed E-state index contributed by atoms with van der Waals surface area (Å²) in [5.41, 5.74) is 0.963. The van der Waals surface area contributed by atoms with Crippen LogP contribution in [0.2, 0.25) is 0 Å². The number of carbonyl (C=O) groups excluding carboxylic acids is 1. The molecular formula is C13H16ClNO2. The minimum absolute atomic E-state index is 0.00520. The van der Waals surface area contributed by atoms with E-state index in [9.17, 15) is 4.79 Å². The van der Waals surface area contributed by atoms with Crippen LogP contribution in [0.4, 0.5) is 0 Å². The average molecular weight is 254 g/mol. The number of amides is 1. The van der Waals surface area contributed by atoms with Crippen molar-refractivity contribution in [3.05, 3.63) is 42.0 Å². The van der Waals surface area contributed by atoms with Crippen LogP contribution in [0.1, 0.15) is 5.56 Å². The second kappa shape index (κ2) is 7.74. The predicted octanol–water partition coefficient (Wildman–Crippen LogP) is 2.15. The van der Waals surface area contributed by atoms with Crippen molar-refractivity contribution in [2.45, 2.75) is 6.42 Å². The summed E-state index contributed by atoms with van der Waals surface area (Å²) in [6.07, 6.45) is 4.01. The lowest BCUT2D eigenvalue weighted by molar-refractivity contribution is -0.120. The van der Waals surface area contributed by atoms with E-state index in [0.29, 0.717) is 18.8 Å². The number of allylic oxidation sites excluding steroid dienone is 1. The minimum atomic E-state index is -0.00520. The Bertz CT molecular complexity index is 374. The first-order valence-corrected chi connectivity index (χ1v) is 5.90. The molecule has 0 saturated carbocycles. The molecule has 0 bridgehead atoms. The van der Waals surface area contributed by atoms with Crippen LogP contribution >= 0.6 is 11.6 Å². The first kappa shape index (κ1) is 13.6. The van der Waals surface area contributed by atoms with Crippen LogP contribution < -0.4 is 10.1 Å². The molecule has 0 aliphatic carbocycles. The summed E-state index contributed by atoms with van der Waals surface area (Å²) in [4.78, 5) is 11.5. The zero-order valence-corrected chi connectivity index (χ0v) is 10.5. The molecule has 0 saturated heterocycles. The Morgan fingerprint density at radius 1 is 1.35 bits per heavy atom. The zero-order chi connectivity index (χ0) is 12.5. The molecule has 0 heterocycles. The number of alkyl halides is 1. The summed E-state index contributed by atoms with van der Waals surface area (Å²) >= 11 is 5.46. The van der Waals surface area contributed by atoms with Crippen LogP contribution in [0.5, 0.6) is 5.75 Å². The van der Waals surface area contributed by atoms with Gasteiger partial charge in [-0.3, -0.25) is 4.79 Å². The monoisotopic (exact) mass is 253 g/mol. The molecule has 1 aromatic carbocycles. The Morgan fingerprint density at radius 3 is 2.65 bits per heavy atom. The summed E-state index contributed by atoms with van der Waals surface area (Å²) in [6.45, 7) is 0.516. The number of halogens is 1. The van der Waals surface area contributed by atoms with E-state index in [4.69, 9.17) is 16.3 Å². The third-order valence-corrected chi connectivity index (χ3v) is 2.37. The maximum absolute atomic E-state index is 11.5. The van der Waals surface area contributed by atoms with Crippen LogP contribution in [-0.4, -0.2) is 25.4 Å². The predicted molar refractivity (Wildman–Crippen MR) is 69.6 cm³/mol. The molecular weight excluding hydrogens is 238 g/mol. The van der Waals surface area contributed by atoms with Crippen molar-refractivity contribution in [2.75, 3.05) is 19.5 Å². The van der Waals surface area contributed by atoms with Crippen molar-refractivity contribution in [1.82, 2.24) is 5.32 Å². The van der Waals surface area contributed by atoms with E-state index in [1.165, 1.54) is 0 Å². The van der Waals surface area contributed by atoms with Gasteiger partial charge in [0.2, 0.25) is 5.91 Å². The van der Waals surface area contributed by atoms with Gasteiger partial charge < -0.3 is 10.1 Å².